The Hall–Kier alpha value is -1.08. The van der Waals surface area contributed by atoms with Gasteiger partial charge in [0.1, 0.15) is 5.41 Å². The molecule has 1 unspecified atom stereocenters. The van der Waals surface area contributed by atoms with E-state index >= 15 is 0 Å². The van der Waals surface area contributed by atoms with E-state index in [0.29, 0.717) is 5.92 Å². The SMILES string of the molecule is N#CC1(C(=O)N2CCC(CCO)C2)CCCCC1. The summed E-state index contributed by atoms with van der Waals surface area (Å²) in [6, 6.07) is 2.30. The molecule has 4 nitrogen and oxygen atoms in total. The van der Waals surface area contributed by atoms with Gasteiger partial charge in [-0.25, -0.2) is 0 Å². The van der Waals surface area contributed by atoms with Crippen molar-refractivity contribution in [2.75, 3.05) is 19.7 Å². The molecule has 18 heavy (non-hydrogen) atoms. The lowest BCUT2D eigenvalue weighted by molar-refractivity contribution is -0.139. The van der Waals surface area contributed by atoms with Gasteiger partial charge in [-0.3, -0.25) is 4.79 Å². The first-order valence-electron chi connectivity index (χ1n) is 7.03. The number of aliphatic hydroxyl groups is 1. The van der Waals surface area contributed by atoms with Crippen LogP contribution in [0.1, 0.15) is 44.9 Å². The molecule has 4 heteroatoms. The lowest BCUT2D eigenvalue weighted by Crippen LogP contribution is -2.43. The zero-order valence-electron chi connectivity index (χ0n) is 10.9. The van der Waals surface area contributed by atoms with Gasteiger partial charge in [0.15, 0.2) is 0 Å². The summed E-state index contributed by atoms with van der Waals surface area (Å²) in [7, 11) is 0. The maximum atomic E-state index is 12.5. The van der Waals surface area contributed by atoms with Crippen LogP contribution >= 0.6 is 0 Å². The Labute approximate surface area is 109 Å². The van der Waals surface area contributed by atoms with Gasteiger partial charge >= 0.3 is 0 Å². The number of hydrogen-bond donors (Lipinski definition) is 1. The normalized spacial score (nSPS) is 26.9. The van der Waals surface area contributed by atoms with Gasteiger partial charge in [-0.1, -0.05) is 19.3 Å². The Morgan fingerprint density at radius 2 is 2.11 bits per heavy atom. The number of likely N-dealkylation sites (tertiary alicyclic amines) is 1. The highest BCUT2D eigenvalue weighted by Gasteiger charge is 2.43. The fourth-order valence-electron chi connectivity index (χ4n) is 3.27. The lowest BCUT2D eigenvalue weighted by Gasteiger charge is -2.33. The predicted molar refractivity (Wildman–Crippen MR) is 67.5 cm³/mol. The highest BCUT2D eigenvalue weighted by Crippen LogP contribution is 2.38. The topological polar surface area (TPSA) is 64.3 Å². The summed E-state index contributed by atoms with van der Waals surface area (Å²) in [4.78, 5) is 14.4. The molecule has 0 radical (unpaired) electrons. The third-order valence-electron chi connectivity index (χ3n) is 4.44. The smallest absolute Gasteiger partial charge is 0.243 e. The maximum Gasteiger partial charge on any atom is 0.243 e. The standard InChI is InChI=1S/C14H22N2O2/c15-11-14(6-2-1-3-7-14)13(18)16-8-4-12(10-16)5-9-17/h12,17H,1-10H2. The van der Waals surface area contributed by atoms with Crippen molar-refractivity contribution in [3.8, 4) is 6.07 Å². The molecule has 1 aliphatic carbocycles. The van der Waals surface area contributed by atoms with Crippen LogP contribution < -0.4 is 0 Å². The Morgan fingerprint density at radius 3 is 2.72 bits per heavy atom. The first-order chi connectivity index (χ1) is 8.72. The summed E-state index contributed by atoms with van der Waals surface area (Å²) in [5.41, 5.74) is -0.744. The second kappa shape index (κ2) is 5.71. The van der Waals surface area contributed by atoms with Gasteiger partial charge in [0.2, 0.25) is 5.91 Å². The van der Waals surface area contributed by atoms with Crippen molar-refractivity contribution < 1.29 is 9.90 Å². The summed E-state index contributed by atoms with van der Waals surface area (Å²) in [5, 5.41) is 18.3. The highest BCUT2D eigenvalue weighted by molar-refractivity contribution is 5.85. The lowest BCUT2D eigenvalue weighted by atomic mass is 9.74. The summed E-state index contributed by atoms with van der Waals surface area (Å²) in [6.07, 6.45) is 6.31. The summed E-state index contributed by atoms with van der Waals surface area (Å²) in [5.74, 6) is 0.462. The summed E-state index contributed by atoms with van der Waals surface area (Å²) in [6.45, 7) is 1.67. The third-order valence-corrected chi connectivity index (χ3v) is 4.44. The fourth-order valence-corrected chi connectivity index (χ4v) is 3.27. The van der Waals surface area contributed by atoms with Gasteiger partial charge in [-0.2, -0.15) is 5.26 Å². The number of aliphatic hydroxyl groups excluding tert-OH is 1. The minimum atomic E-state index is -0.744. The van der Waals surface area contributed by atoms with E-state index in [1.165, 1.54) is 0 Å². The average Bonchev–Trinajstić information content (AvgIpc) is 2.87. The molecule has 0 spiro atoms. The quantitative estimate of drug-likeness (QED) is 0.829. The van der Waals surface area contributed by atoms with Crippen LogP contribution in [-0.4, -0.2) is 35.6 Å². The average molecular weight is 250 g/mol. The van der Waals surface area contributed by atoms with E-state index in [0.717, 1.165) is 58.0 Å². The molecule has 0 aromatic rings. The number of carbonyl (C=O) groups is 1. The van der Waals surface area contributed by atoms with Gasteiger partial charge in [-0.05, 0) is 31.6 Å². The van der Waals surface area contributed by atoms with Crippen LogP contribution in [0.3, 0.4) is 0 Å². The Morgan fingerprint density at radius 1 is 1.39 bits per heavy atom. The molecule has 1 saturated heterocycles. The molecule has 0 aromatic carbocycles. The van der Waals surface area contributed by atoms with Crippen LogP contribution in [0.2, 0.25) is 0 Å². The van der Waals surface area contributed by atoms with Gasteiger partial charge in [0, 0.05) is 19.7 Å². The van der Waals surface area contributed by atoms with Crippen LogP contribution in [0, 0.1) is 22.7 Å². The van der Waals surface area contributed by atoms with Crippen LogP contribution in [0.25, 0.3) is 0 Å². The monoisotopic (exact) mass is 250 g/mol. The molecule has 1 aliphatic heterocycles. The second-order valence-corrected chi connectivity index (χ2v) is 5.67. The molecule has 1 saturated carbocycles. The molecule has 2 fully saturated rings. The number of carbonyl (C=O) groups excluding carboxylic acids is 1. The zero-order valence-corrected chi connectivity index (χ0v) is 10.9. The van der Waals surface area contributed by atoms with Crippen LogP contribution in [0.4, 0.5) is 0 Å². The van der Waals surface area contributed by atoms with E-state index in [2.05, 4.69) is 6.07 Å². The number of rotatable bonds is 3. The van der Waals surface area contributed by atoms with E-state index in [4.69, 9.17) is 5.11 Å². The number of amides is 1. The number of nitrogens with zero attached hydrogens (tertiary/aromatic N) is 2. The largest absolute Gasteiger partial charge is 0.396 e. The van der Waals surface area contributed by atoms with Crippen LogP contribution in [-0.2, 0) is 4.79 Å². The van der Waals surface area contributed by atoms with E-state index in [9.17, 15) is 10.1 Å². The molecule has 0 aromatic heterocycles. The van der Waals surface area contributed by atoms with Crippen LogP contribution in [0.5, 0.6) is 0 Å². The molecular weight excluding hydrogens is 228 g/mol. The van der Waals surface area contributed by atoms with Crippen molar-refractivity contribution in [2.24, 2.45) is 11.3 Å². The second-order valence-electron chi connectivity index (χ2n) is 5.67. The summed E-state index contributed by atoms with van der Waals surface area (Å²) < 4.78 is 0. The van der Waals surface area contributed by atoms with Crippen molar-refractivity contribution in [3.05, 3.63) is 0 Å². The predicted octanol–water partition coefficient (Wildman–Crippen LogP) is 1.69. The van der Waals surface area contributed by atoms with Gasteiger partial charge in [-0.15, -0.1) is 0 Å². The number of nitriles is 1. The Bertz CT molecular complexity index is 342. The zero-order chi connectivity index (χ0) is 13.0. The van der Waals surface area contributed by atoms with E-state index in [1.54, 1.807) is 0 Å². The molecule has 0 bridgehead atoms. The molecule has 1 heterocycles. The van der Waals surface area contributed by atoms with Crippen molar-refractivity contribution in [1.82, 2.24) is 4.90 Å². The molecular formula is C14H22N2O2. The molecule has 1 N–H and O–H groups in total. The van der Waals surface area contributed by atoms with Crippen molar-refractivity contribution in [1.29, 1.82) is 5.26 Å². The highest BCUT2D eigenvalue weighted by atomic mass is 16.3. The van der Waals surface area contributed by atoms with E-state index in [-0.39, 0.29) is 12.5 Å². The molecule has 2 rings (SSSR count). The van der Waals surface area contributed by atoms with Gasteiger partial charge < -0.3 is 10.0 Å². The molecule has 2 aliphatic rings. The summed E-state index contributed by atoms with van der Waals surface area (Å²) >= 11 is 0. The Balaban J connectivity index is 2.00. The number of hydrogen-bond acceptors (Lipinski definition) is 3. The van der Waals surface area contributed by atoms with Crippen molar-refractivity contribution >= 4 is 5.91 Å². The maximum absolute atomic E-state index is 12.5. The molecule has 100 valence electrons. The first kappa shape index (κ1) is 13.4. The fraction of sp³-hybridized carbons (Fsp3) is 0.857. The molecule has 1 amide bonds. The third kappa shape index (κ3) is 2.51. The first-order valence-corrected chi connectivity index (χ1v) is 7.03. The Kier molecular flexibility index (Phi) is 4.23. The van der Waals surface area contributed by atoms with Crippen molar-refractivity contribution in [3.63, 3.8) is 0 Å². The van der Waals surface area contributed by atoms with E-state index in [1.807, 2.05) is 4.90 Å². The van der Waals surface area contributed by atoms with Gasteiger partial charge in [0.05, 0.1) is 6.07 Å². The minimum Gasteiger partial charge on any atom is -0.396 e. The van der Waals surface area contributed by atoms with E-state index < -0.39 is 5.41 Å². The minimum absolute atomic E-state index is 0.0464. The van der Waals surface area contributed by atoms with Crippen molar-refractivity contribution in [2.45, 2.75) is 44.9 Å². The van der Waals surface area contributed by atoms with Gasteiger partial charge in [0.25, 0.3) is 0 Å². The molecule has 1 atom stereocenters. The van der Waals surface area contributed by atoms with Crippen LogP contribution in [0.15, 0.2) is 0 Å².